The minimum atomic E-state index is -1.07. The van der Waals surface area contributed by atoms with Gasteiger partial charge in [-0.1, -0.05) is 6.07 Å². The Balaban J connectivity index is 2.33. The molecule has 102 valence electrons. The first-order valence-corrected chi connectivity index (χ1v) is 6.09. The van der Waals surface area contributed by atoms with Crippen molar-refractivity contribution in [2.75, 3.05) is 0 Å². The van der Waals surface area contributed by atoms with Gasteiger partial charge in [0.2, 0.25) is 0 Å². The number of aromatic amines is 1. The van der Waals surface area contributed by atoms with E-state index < -0.39 is 5.97 Å². The number of H-pyrrole nitrogens is 1. The Kier molecular flexibility index (Phi) is 2.81. The molecule has 1 heterocycles. The minimum Gasteiger partial charge on any atom is -0.478 e. The summed E-state index contributed by atoms with van der Waals surface area (Å²) in [7, 11) is 0. The molecule has 0 aliphatic rings. The smallest absolute Gasteiger partial charge is 0.335 e. The van der Waals surface area contributed by atoms with E-state index in [4.69, 9.17) is 10.4 Å². The van der Waals surface area contributed by atoms with Gasteiger partial charge in [0.25, 0.3) is 0 Å². The summed E-state index contributed by atoms with van der Waals surface area (Å²) in [6.07, 6.45) is 0. The lowest BCUT2D eigenvalue weighted by Gasteiger charge is -2.04. The zero-order chi connectivity index (χ0) is 15.0. The van der Waals surface area contributed by atoms with Crippen molar-refractivity contribution in [2.24, 2.45) is 0 Å². The van der Waals surface area contributed by atoms with Gasteiger partial charge in [0.05, 0.1) is 33.9 Å². The highest BCUT2D eigenvalue weighted by Gasteiger charge is 2.12. The molecule has 0 spiro atoms. The summed E-state index contributed by atoms with van der Waals surface area (Å²) < 4.78 is 1.35. The topological polar surface area (TPSA) is 98.9 Å². The van der Waals surface area contributed by atoms with Gasteiger partial charge in [-0.25, -0.2) is 9.59 Å². The van der Waals surface area contributed by atoms with Crippen LogP contribution in [0.25, 0.3) is 16.7 Å². The molecule has 0 saturated heterocycles. The van der Waals surface area contributed by atoms with Crippen LogP contribution in [0.2, 0.25) is 0 Å². The molecule has 0 radical (unpaired) electrons. The molecule has 0 unspecified atom stereocenters. The second-order valence-electron chi connectivity index (χ2n) is 4.46. The molecule has 0 aliphatic heterocycles. The lowest BCUT2D eigenvalue weighted by atomic mass is 10.2. The van der Waals surface area contributed by atoms with Gasteiger partial charge in [-0.3, -0.25) is 4.57 Å². The van der Waals surface area contributed by atoms with Crippen molar-refractivity contribution in [3.8, 4) is 11.8 Å². The van der Waals surface area contributed by atoms with Crippen molar-refractivity contribution in [3.63, 3.8) is 0 Å². The highest BCUT2D eigenvalue weighted by atomic mass is 16.4. The van der Waals surface area contributed by atoms with Crippen LogP contribution in [0.5, 0.6) is 0 Å². The number of nitrogens with zero attached hydrogens (tertiary/aromatic N) is 2. The van der Waals surface area contributed by atoms with E-state index in [1.54, 1.807) is 30.3 Å². The summed E-state index contributed by atoms with van der Waals surface area (Å²) in [5, 5.41) is 18.0. The van der Waals surface area contributed by atoms with Gasteiger partial charge in [-0.05, 0) is 36.4 Å². The third-order valence-electron chi connectivity index (χ3n) is 3.16. The first-order valence-electron chi connectivity index (χ1n) is 6.09. The van der Waals surface area contributed by atoms with Crippen molar-refractivity contribution in [2.45, 2.75) is 0 Å². The van der Waals surface area contributed by atoms with Gasteiger partial charge < -0.3 is 10.1 Å². The number of aromatic carboxylic acids is 1. The largest absolute Gasteiger partial charge is 0.478 e. The number of benzene rings is 2. The number of hydrogen-bond acceptors (Lipinski definition) is 3. The van der Waals surface area contributed by atoms with Crippen LogP contribution in [0.4, 0.5) is 0 Å². The van der Waals surface area contributed by atoms with Gasteiger partial charge in [-0.2, -0.15) is 5.26 Å². The first-order chi connectivity index (χ1) is 10.1. The Labute approximate surface area is 118 Å². The molecule has 0 bridgehead atoms. The number of nitriles is 1. The van der Waals surface area contributed by atoms with Gasteiger partial charge in [0, 0.05) is 0 Å². The average molecular weight is 279 g/mol. The number of hydrogen-bond donors (Lipinski definition) is 2. The lowest BCUT2D eigenvalue weighted by molar-refractivity contribution is 0.0697. The third-order valence-corrected chi connectivity index (χ3v) is 3.16. The van der Waals surface area contributed by atoms with Crippen molar-refractivity contribution in [3.05, 3.63) is 64.1 Å². The van der Waals surface area contributed by atoms with Crippen LogP contribution in [-0.2, 0) is 0 Å². The van der Waals surface area contributed by atoms with E-state index in [0.717, 1.165) is 0 Å². The van der Waals surface area contributed by atoms with Crippen molar-refractivity contribution < 1.29 is 9.90 Å². The standard InChI is InChI=1S/C15H9N3O3/c16-8-9-2-1-3-11(6-9)18-13-7-10(14(19)20)4-5-12(13)17-15(18)21/h1-7H,(H,17,21)(H,19,20). The second kappa shape index (κ2) is 4.65. The molecule has 0 aliphatic carbocycles. The summed E-state index contributed by atoms with van der Waals surface area (Å²) in [6.45, 7) is 0. The fourth-order valence-electron chi connectivity index (χ4n) is 2.21. The number of aromatic nitrogens is 2. The molecule has 2 aromatic carbocycles. The molecule has 0 saturated carbocycles. The molecular formula is C15H9N3O3. The molecule has 21 heavy (non-hydrogen) atoms. The number of carboxylic acid groups (broad SMARTS) is 1. The van der Waals surface area contributed by atoms with Crippen LogP contribution in [0, 0.1) is 11.3 Å². The predicted octanol–water partition coefficient (Wildman–Crippen LogP) is 1.89. The minimum absolute atomic E-state index is 0.0895. The van der Waals surface area contributed by atoms with E-state index in [0.29, 0.717) is 22.3 Å². The SMILES string of the molecule is N#Cc1cccc(-n2c(=O)[nH]c3ccc(C(=O)O)cc32)c1. The van der Waals surface area contributed by atoms with Gasteiger partial charge >= 0.3 is 11.7 Å². The van der Waals surface area contributed by atoms with E-state index in [-0.39, 0.29) is 11.3 Å². The monoisotopic (exact) mass is 279 g/mol. The maximum atomic E-state index is 12.1. The summed E-state index contributed by atoms with van der Waals surface area (Å²) in [4.78, 5) is 25.8. The zero-order valence-corrected chi connectivity index (χ0v) is 10.7. The Bertz CT molecular complexity index is 960. The lowest BCUT2D eigenvalue weighted by Crippen LogP contribution is -2.14. The van der Waals surface area contributed by atoms with Gasteiger partial charge in [0.15, 0.2) is 0 Å². The normalized spacial score (nSPS) is 10.4. The van der Waals surface area contributed by atoms with Crippen LogP contribution in [0.1, 0.15) is 15.9 Å². The molecule has 3 rings (SSSR count). The van der Waals surface area contributed by atoms with Crippen LogP contribution < -0.4 is 5.69 Å². The summed E-state index contributed by atoms with van der Waals surface area (Å²) >= 11 is 0. The molecule has 3 aromatic rings. The number of carbonyl (C=O) groups is 1. The summed E-state index contributed by atoms with van der Waals surface area (Å²) in [5.41, 5.74) is 1.62. The Morgan fingerprint density at radius 1 is 1.24 bits per heavy atom. The van der Waals surface area contributed by atoms with Crippen molar-refractivity contribution in [1.82, 2.24) is 9.55 Å². The van der Waals surface area contributed by atoms with Gasteiger partial charge in [-0.15, -0.1) is 0 Å². The molecule has 0 atom stereocenters. The van der Waals surface area contributed by atoms with E-state index in [1.165, 1.54) is 16.7 Å². The van der Waals surface area contributed by atoms with Gasteiger partial charge in [0.1, 0.15) is 0 Å². The molecule has 0 amide bonds. The number of imidazole rings is 1. The molecule has 0 fully saturated rings. The summed E-state index contributed by atoms with van der Waals surface area (Å²) in [6, 6.07) is 13.0. The molecule has 1 aromatic heterocycles. The Morgan fingerprint density at radius 3 is 2.76 bits per heavy atom. The van der Waals surface area contributed by atoms with Crippen LogP contribution in [-0.4, -0.2) is 20.6 Å². The second-order valence-corrected chi connectivity index (χ2v) is 4.46. The van der Waals surface area contributed by atoms with E-state index in [2.05, 4.69) is 4.98 Å². The fraction of sp³-hybridized carbons (Fsp3) is 0. The summed E-state index contributed by atoms with van der Waals surface area (Å²) in [5.74, 6) is -1.07. The van der Waals surface area contributed by atoms with Crippen molar-refractivity contribution in [1.29, 1.82) is 5.26 Å². The molecule has 2 N–H and O–H groups in total. The molecular weight excluding hydrogens is 270 g/mol. The quantitative estimate of drug-likeness (QED) is 0.748. The van der Waals surface area contributed by atoms with E-state index in [9.17, 15) is 9.59 Å². The number of nitrogens with one attached hydrogen (secondary N) is 1. The molecule has 6 heteroatoms. The predicted molar refractivity (Wildman–Crippen MR) is 75.6 cm³/mol. The van der Waals surface area contributed by atoms with E-state index >= 15 is 0 Å². The van der Waals surface area contributed by atoms with Crippen molar-refractivity contribution >= 4 is 17.0 Å². The van der Waals surface area contributed by atoms with Crippen LogP contribution in [0.15, 0.2) is 47.3 Å². The van der Waals surface area contributed by atoms with Crippen LogP contribution in [0.3, 0.4) is 0 Å². The highest BCUT2D eigenvalue weighted by Crippen LogP contribution is 2.18. The fourth-order valence-corrected chi connectivity index (χ4v) is 2.21. The number of rotatable bonds is 2. The average Bonchev–Trinajstić information content (AvgIpc) is 2.82. The highest BCUT2D eigenvalue weighted by molar-refractivity contribution is 5.92. The van der Waals surface area contributed by atoms with E-state index in [1.807, 2.05) is 6.07 Å². The molecule has 6 nitrogen and oxygen atoms in total. The maximum absolute atomic E-state index is 12.1. The number of carboxylic acids is 1. The maximum Gasteiger partial charge on any atom is 0.335 e. The third kappa shape index (κ3) is 2.07. The number of fused-ring (bicyclic) bond motifs is 1. The first kappa shape index (κ1) is 12.7. The Hall–Kier alpha value is -3.33. The zero-order valence-electron chi connectivity index (χ0n) is 10.7. The van der Waals surface area contributed by atoms with Crippen LogP contribution >= 0.6 is 0 Å². The Morgan fingerprint density at radius 2 is 2.05 bits per heavy atom.